The number of aliphatic carboxylic acids is 1. The fourth-order valence-corrected chi connectivity index (χ4v) is 3.46. The molecule has 0 spiro atoms. The second-order valence-corrected chi connectivity index (χ2v) is 6.83. The summed E-state index contributed by atoms with van der Waals surface area (Å²) in [5, 5.41) is 11.9. The summed E-state index contributed by atoms with van der Waals surface area (Å²) >= 11 is 4.58. The van der Waals surface area contributed by atoms with E-state index in [2.05, 4.69) is 21.2 Å². The monoisotopic (exact) mass is 363 g/mol. The number of rotatable bonds is 7. The zero-order valence-electron chi connectivity index (χ0n) is 11.7. The minimum atomic E-state index is -0.918. The maximum atomic E-state index is 12.3. The summed E-state index contributed by atoms with van der Waals surface area (Å²) in [6.45, 7) is 3.75. The second-order valence-electron chi connectivity index (χ2n) is 4.46. The summed E-state index contributed by atoms with van der Waals surface area (Å²) in [5.41, 5.74) is -0.716. The summed E-state index contributed by atoms with van der Waals surface area (Å²) in [6.07, 6.45) is 1.03. The Kier molecular flexibility index (Phi) is 6.01. The van der Waals surface area contributed by atoms with Crippen LogP contribution in [-0.4, -0.2) is 29.6 Å². The van der Waals surface area contributed by atoms with E-state index < -0.39 is 11.5 Å². The molecule has 1 heterocycles. The number of nitrogens with one attached hydrogen (secondary N) is 1. The van der Waals surface area contributed by atoms with Gasteiger partial charge < -0.3 is 15.2 Å². The van der Waals surface area contributed by atoms with Gasteiger partial charge in [0.15, 0.2) is 0 Å². The molecule has 0 aliphatic heterocycles. The molecule has 0 fully saturated rings. The fraction of sp³-hybridized carbons (Fsp3) is 0.538. The van der Waals surface area contributed by atoms with E-state index in [1.54, 1.807) is 6.07 Å². The van der Waals surface area contributed by atoms with Crippen LogP contribution >= 0.6 is 27.3 Å². The highest BCUT2D eigenvalue weighted by Gasteiger charge is 2.32. The van der Waals surface area contributed by atoms with Gasteiger partial charge in [-0.1, -0.05) is 13.8 Å². The smallest absolute Gasteiger partial charge is 0.305 e. The van der Waals surface area contributed by atoms with E-state index in [1.807, 2.05) is 13.8 Å². The second kappa shape index (κ2) is 7.08. The summed E-state index contributed by atoms with van der Waals surface area (Å²) in [4.78, 5) is 23.7. The molecule has 0 aliphatic carbocycles. The Morgan fingerprint density at radius 1 is 1.45 bits per heavy atom. The van der Waals surface area contributed by atoms with Crippen molar-refractivity contribution in [3.05, 3.63) is 14.7 Å². The number of carboxylic acid groups (broad SMARTS) is 1. The number of hydrogen-bond acceptors (Lipinski definition) is 4. The normalized spacial score (nSPS) is 11.2. The molecule has 0 radical (unpaired) electrons. The van der Waals surface area contributed by atoms with Crippen LogP contribution in [0.15, 0.2) is 9.85 Å². The van der Waals surface area contributed by atoms with Gasteiger partial charge in [0.25, 0.3) is 5.91 Å². The molecular weight excluding hydrogens is 346 g/mol. The van der Waals surface area contributed by atoms with Crippen molar-refractivity contribution in [2.75, 3.05) is 7.11 Å². The molecular formula is C13H18BrNO4S. The van der Waals surface area contributed by atoms with E-state index in [4.69, 9.17) is 9.84 Å². The third-order valence-electron chi connectivity index (χ3n) is 3.32. The quantitative estimate of drug-likeness (QED) is 0.779. The first-order chi connectivity index (χ1) is 9.37. The van der Waals surface area contributed by atoms with E-state index in [9.17, 15) is 9.59 Å². The third-order valence-corrected chi connectivity index (χ3v) is 5.10. The lowest BCUT2D eigenvalue weighted by molar-refractivity contribution is -0.138. The van der Waals surface area contributed by atoms with Gasteiger partial charge >= 0.3 is 5.97 Å². The summed E-state index contributed by atoms with van der Waals surface area (Å²) in [5.74, 6) is -0.597. The van der Waals surface area contributed by atoms with Gasteiger partial charge in [-0.2, -0.15) is 0 Å². The molecule has 0 aromatic carbocycles. The number of carboxylic acids is 1. The lowest BCUT2D eigenvalue weighted by atomic mass is 9.89. The largest absolute Gasteiger partial charge is 0.495 e. The predicted molar refractivity (Wildman–Crippen MR) is 81.6 cm³/mol. The Morgan fingerprint density at radius 3 is 2.45 bits per heavy atom. The molecule has 0 bridgehead atoms. The van der Waals surface area contributed by atoms with Crippen LogP contribution in [0.2, 0.25) is 0 Å². The fourth-order valence-electron chi connectivity index (χ4n) is 1.92. The minimum Gasteiger partial charge on any atom is -0.495 e. The number of carbonyl (C=O) groups excluding carboxylic acids is 1. The van der Waals surface area contributed by atoms with E-state index in [0.29, 0.717) is 23.5 Å². The Morgan fingerprint density at radius 2 is 2.05 bits per heavy atom. The van der Waals surface area contributed by atoms with Crippen molar-refractivity contribution >= 4 is 39.1 Å². The van der Waals surface area contributed by atoms with Gasteiger partial charge in [-0.25, -0.2) is 0 Å². The number of methoxy groups -OCH3 is 1. The average molecular weight is 364 g/mol. The van der Waals surface area contributed by atoms with Crippen LogP contribution in [-0.2, 0) is 4.79 Å². The lowest BCUT2D eigenvalue weighted by Crippen LogP contribution is -2.48. The average Bonchev–Trinajstić information content (AvgIpc) is 2.78. The molecule has 1 amide bonds. The number of thiophene rings is 1. The molecule has 0 atom stereocenters. The van der Waals surface area contributed by atoms with Crippen molar-refractivity contribution in [1.29, 1.82) is 0 Å². The minimum absolute atomic E-state index is 0.0879. The zero-order chi connectivity index (χ0) is 15.3. The highest BCUT2D eigenvalue weighted by Crippen LogP contribution is 2.34. The van der Waals surface area contributed by atoms with Crippen molar-refractivity contribution in [3.8, 4) is 5.75 Å². The molecule has 20 heavy (non-hydrogen) atoms. The highest BCUT2D eigenvalue weighted by molar-refractivity contribution is 9.11. The van der Waals surface area contributed by atoms with Crippen LogP contribution in [0.25, 0.3) is 0 Å². The number of carbonyl (C=O) groups is 2. The van der Waals surface area contributed by atoms with Gasteiger partial charge in [0.2, 0.25) is 0 Å². The molecule has 0 saturated carbocycles. The van der Waals surface area contributed by atoms with Crippen LogP contribution in [0.1, 0.15) is 42.8 Å². The molecule has 112 valence electrons. The number of amides is 1. The van der Waals surface area contributed by atoms with Crippen molar-refractivity contribution in [3.63, 3.8) is 0 Å². The van der Waals surface area contributed by atoms with Gasteiger partial charge in [-0.15, -0.1) is 11.3 Å². The van der Waals surface area contributed by atoms with E-state index in [1.165, 1.54) is 18.4 Å². The maximum Gasteiger partial charge on any atom is 0.305 e. The van der Waals surface area contributed by atoms with Crippen LogP contribution in [0, 0.1) is 0 Å². The van der Waals surface area contributed by atoms with Gasteiger partial charge in [0, 0.05) is 6.07 Å². The first kappa shape index (κ1) is 17.0. The number of halogens is 1. The van der Waals surface area contributed by atoms with Crippen LogP contribution < -0.4 is 10.1 Å². The van der Waals surface area contributed by atoms with Crippen LogP contribution in [0.3, 0.4) is 0 Å². The molecule has 1 aromatic rings. The molecule has 0 unspecified atom stereocenters. The molecule has 2 N–H and O–H groups in total. The molecule has 0 saturated heterocycles. The van der Waals surface area contributed by atoms with E-state index >= 15 is 0 Å². The lowest BCUT2D eigenvalue weighted by Gasteiger charge is -2.31. The van der Waals surface area contributed by atoms with E-state index in [0.717, 1.165) is 3.79 Å². The Labute approximate surface area is 130 Å². The Bertz CT molecular complexity index is 497. The maximum absolute atomic E-state index is 12.3. The molecule has 0 aliphatic rings. The topological polar surface area (TPSA) is 75.6 Å². The predicted octanol–water partition coefficient (Wildman–Crippen LogP) is 3.28. The molecule has 1 aromatic heterocycles. The van der Waals surface area contributed by atoms with Gasteiger partial charge in [-0.3, -0.25) is 9.59 Å². The van der Waals surface area contributed by atoms with Crippen LogP contribution in [0.4, 0.5) is 0 Å². The highest BCUT2D eigenvalue weighted by atomic mass is 79.9. The molecule has 5 nitrogen and oxygen atoms in total. The van der Waals surface area contributed by atoms with Crippen molar-refractivity contribution in [1.82, 2.24) is 5.32 Å². The third kappa shape index (κ3) is 3.96. The number of hydrogen-bond donors (Lipinski definition) is 2. The Balaban J connectivity index is 2.92. The first-order valence-electron chi connectivity index (χ1n) is 6.25. The molecule has 1 rings (SSSR count). The van der Waals surface area contributed by atoms with Gasteiger partial charge in [0.05, 0.1) is 23.9 Å². The van der Waals surface area contributed by atoms with Crippen molar-refractivity contribution in [2.45, 2.75) is 38.6 Å². The van der Waals surface area contributed by atoms with Crippen molar-refractivity contribution < 1.29 is 19.4 Å². The van der Waals surface area contributed by atoms with Gasteiger partial charge in [0.1, 0.15) is 9.54 Å². The first-order valence-corrected chi connectivity index (χ1v) is 7.86. The Hall–Kier alpha value is -1.08. The van der Waals surface area contributed by atoms with Crippen LogP contribution in [0.5, 0.6) is 5.75 Å². The standard InChI is InChI=1S/C13H18BrNO4S/c1-4-13(5-2,7-10(16)17)15-12(18)9-6-8(19-3)11(14)20-9/h6H,4-5,7H2,1-3H3,(H,15,18)(H,16,17). The molecule has 7 heteroatoms. The number of ether oxygens (including phenoxy) is 1. The summed E-state index contributed by atoms with van der Waals surface area (Å²) < 4.78 is 5.85. The van der Waals surface area contributed by atoms with Gasteiger partial charge in [-0.05, 0) is 28.8 Å². The summed E-state index contributed by atoms with van der Waals surface area (Å²) in [6, 6.07) is 1.64. The SMILES string of the molecule is CCC(CC)(CC(=O)O)NC(=O)c1cc(OC)c(Br)s1. The van der Waals surface area contributed by atoms with Crippen molar-refractivity contribution in [2.24, 2.45) is 0 Å². The zero-order valence-corrected chi connectivity index (χ0v) is 14.1. The van der Waals surface area contributed by atoms with E-state index in [-0.39, 0.29) is 12.3 Å². The summed E-state index contributed by atoms with van der Waals surface area (Å²) in [7, 11) is 1.53.